The largest absolute Gasteiger partial charge is 0.503 e. The van der Waals surface area contributed by atoms with Crippen LogP contribution in [0.5, 0.6) is 23.0 Å². The number of benzene rings is 4. The number of phenols is 1. The Morgan fingerprint density at radius 2 is 0.789 bits per heavy atom. The number of hydrogen-bond acceptors (Lipinski definition) is 13. The maximum Gasteiger partial charge on any atom is 0.313 e. The van der Waals surface area contributed by atoms with Crippen LogP contribution >= 0.6 is 0 Å². The minimum atomic E-state index is -2.57. The number of esters is 4. The number of carbonyl (C=O) groups is 5. The number of nitrogens with one attached hydrogen (secondary N) is 1. The third kappa shape index (κ3) is 15.0. The van der Waals surface area contributed by atoms with E-state index in [1.54, 1.807) is 30.3 Å². The van der Waals surface area contributed by atoms with E-state index in [-0.39, 0.29) is 19.4 Å². The summed E-state index contributed by atoms with van der Waals surface area (Å²) in [4.78, 5) is 63.0. The molecule has 28 heteroatoms. The topological polar surface area (TPSA) is 182 Å². The van der Waals surface area contributed by atoms with Gasteiger partial charge in [-0.05, 0) is 12.0 Å². The van der Waals surface area contributed by atoms with Crippen molar-refractivity contribution in [3.8, 4) is 23.0 Å². The fraction of sp³-hybridized carbons (Fsp3) is 0.326. The monoisotopic (exact) mass is 1040 g/mol. The van der Waals surface area contributed by atoms with Crippen LogP contribution in [-0.2, 0) is 49.5 Å². The highest BCUT2D eigenvalue weighted by Crippen LogP contribution is 2.35. The number of carbonyl (C=O) groups excluding carboxylic acids is 5. The number of rotatable bonds is 25. The van der Waals surface area contributed by atoms with Crippen molar-refractivity contribution in [1.82, 2.24) is 5.32 Å². The van der Waals surface area contributed by atoms with Gasteiger partial charge in [0.25, 0.3) is 0 Å². The van der Waals surface area contributed by atoms with Crippen molar-refractivity contribution in [3.05, 3.63) is 117 Å². The van der Waals surface area contributed by atoms with Crippen LogP contribution in [-0.4, -0.2) is 80.1 Å². The van der Waals surface area contributed by atoms with E-state index in [1.807, 2.05) is 0 Å². The summed E-state index contributed by atoms with van der Waals surface area (Å²) in [5, 5.41) is 11.7. The van der Waals surface area contributed by atoms with Gasteiger partial charge in [-0.15, -0.1) is 0 Å². The van der Waals surface area contributed by atoms with Crippen LogP contribution in [0.25, 0.3) is 0 Å². The summed E-state index contributed by atoms with van der Waals surface area (Å²) >= 11 is 0. The van der Waals surface area contributed by atoms with Gasteiger partial charge in [0, 0.05) is 12.8 Å². The zero-order valence-corrected chi connectivity index (χ0v) is 35.7. The van der Waals surface area contributed by atoms with Gasteiger partial charge in [0.05, 0.1) is 58.9 Å². The van der Waals surface area contributed by atoms with Gasteiger partial charge < -0.3 is 43.6 Å². The summed E-state index contributed by atoms with van der Waals surface area (Å²) < 4.78 is 228. The number of halogens is 14. The van der Waals surface area contributed by atoms with E-state index in [0.717, 1.165) is 0 Å². The molecule has 71 heavy (non-hydrogen) atoms. The SMILES string of the molecule is O=C(CCCC(=O)OCc1ccccc1)NC(COCCC(=O)Oc1c(F)c(O)c(F)c(F)c1F)(COCCC(=O)Oc1c(F)c(F)c(F)c(F)c1F)COCCC(=O)Oc1c(F)c(F)c(F)c(F)c1F. The normalized spacial score (nSPS) is 11.4. The first kappa shape index (κ1) is 56.5. The summed E-state index contributed by atoms with van der Waals surface area (Å²) in [6, 6.07) is 8.36. The number of ether oxygens (including phenoxy) is 7. The maximum absolute atomic E-state index is 14.2. The van der Waals surface area contributed by atoms with Crippen LogP contribution < -0.4 is 19.5 Å². The summed E-state index contributed by atoms with van der Waals surface area (Å²) in [5.74, 6) is -49.0. The fourth-order valence-electron chi connectivity index (χ4n) is 5.60. The molecule has 0 saturated carbocycles. The Bertz CT molecular complexity index is 2320. The minimum absolute atomic E-state index is 0.133. The predicted molar refractivity (Wildman–Crippen MR) is 205 cm³/mol. The molecule has 1 amide bonds. The Balaban J connectivity index is 1.52. The molecule has 4 aromatic rings. The van der Waals surface area contributed by atoms with Gasteiger partial charge in [-0.2, -0.15) is 30.7 Å². The van der Waals surface area contributed by atoms with Gasteiger partial charge in [0.2, 0.25) is 105 Å². The van der Waals surface area contributed by atoms with Crippen molar-refractivity contribution in [2.24, 2.45) is 0 Å². The molecule has 0 atom stereocenters. The average molecular weight is 1040 g/mol. The van der Waals surface area contributed by atoms with Crippen molar-refractivity contribution < 1.29 is 124 Å². The van der Waals surface area contributed by atoms with Gasteiger partial charge in [0.1, 0.15) is 12.1 Å². The number of amides is 1. The van der Waals surface area contributed by atoms with E-state index >= 15 is 0 Å². The van der Waals surface area contributed by atoms with Crippen LogP contribution in [0.3, 0.4) is 0 Å². The van der Waals surface area contributed by atoms with Gasteiger partial charge in [-0.3, -0.25) is 24.0 Å². The molecule has 2 N–H and O–H groups in total. The Morgan fingerprint density at radius 1 is 0.437 bits per heavy atom. The van der Waals surface area contributed by atoms with E-state index in [2.05, 4.69) is 19.5 Å². The maximum atomic E-state index is 14.2. The molecule has 0 aliphatic heterocycles. The molecule has 0 aliphatic rings. The molecular weight excluding hydrogens is 1000 g/mol. The van der Waals surface area contributed by atoms with E-state index in [4.69, 9.17) is 18.9 Å². The van der Waals surface area contributed by atoms with Crippen LogP contribution in [0.4, 0.5) is 61.5 Å². The summed E-state index contributed by atoms with van der Waals surface area (Å²) in [6.07, 6.45) is -4.19. The van der Waals surface area contributed by atoms with E-state index in [1.165, 1.54) is 0 Å². The molecule has 0 saturated heterocycles. The molecule has 0 heterocycles. The molecule has 0 fully saturated rings. The molecule has 0 spiro atoms. The Labute approximate surface area is 389 Å². The zero-order chi connectivity index (χ0) is 52.7. The molecule has 386 valence electrons. The lowest BCUT2D eigenvalue weighted by atomic mass is 10.0. The highest BCUT2D eigenvalue weighted by atomic mass is 19.2. The summed E-state index contributed by atoms with van der Waals surface area (Å²) in [5.41, 5.74) is -1.54. The Morgan fingerprint density at radius 3 is 1.18 bits per heavy atom. The summed E-state index contributed by atoms with van der Waals surface area (Å²) in [6.45, 7) is -5.58. The smallest absolute Gasteiger partial charge is 0.313 e. The fourth-order valence-corrected chi connectivity index (χ4v) is 5.60. The van der Waals surface area contributed by atoms with Crippen molar-refractivity contribution in [2.75, 3.05) is 39.6 Å². The average Bonchev–Trinajstić information content (AvgIpc) is 3.35. The first-order chi connectivity index (χ1) is 33.5. The zero-order valence-electron chi connectivity index (χ0n) is 35.7. The van der Waals surface area contributed by atoms with Crippen LogP contribution in [0.1, 0.15) is 44.1 Å². The van der Waals surface area contributed by atoms with Crippen LogP contribution in [0, 0.1) is 81.4 Å². The van der Waals surface area contributed by atoms with Crippen molar-refractivity contribution >= 4 is 29.8 Å². The Kier molecular flexibility index (Phi) is 20.4. The second-order valence-corrected chi connectivity index (χ2v) is 14.4. The number of phenolic OH excluding ortho intramolecular Hbond substituents is 1. The molecule has 0 bridgehead atoms. The van der Waals surface area contributed by atoms with Crippen LogP contribution in [0.15, 0.2) is 30.3 Å². The quantitative estimate of drug-likeness (QED) is 0.0167. The minimum Gasteiger partial charge on any atom is -0.503 e. The molecule has 0 radical (unpaired) electrons. The van der Waals surface area contributed by atoms with E-state index in [0.29, 0.717) is 5.56 Å². The van der Waals surface area contributed by atoms with E-state index in [9.17, 15) is 90.5 Å². The van der Waals surface area contributed by atoms with Crippen molar-refractivity contribution in [2.45, 2.75) is 50.7 Å². The predicted octanol–water partition coefficient (Wildman–Crippen LogP) is 7.45. The van der Waals surface area contributed by atoms with Crippen molar-refractivity contribution in [3.63, 3.8) is 0 Å². The Hall–Kier alpha value is -7.07. The standard InChI is InChI=1S/C43H33F14NO13/c44-25-27(46)33(52)40(34(53)28(25)47)69-22(61)9-12-65-16-43(58-20(59)7-4-8-21(60)68-15-19-5-2-1-3-6-19,17-66-13-10-23(62)70-41-35(54)29(48)26(45)30(49)36(41)55)18-67-14-11-24(63)71-42-37(56)31(50)32(51)39(64)38(42)57/h1-3,5-6,64H,4,7-18H2,(H,58,59). The van der Waals surface area contributed by atoms with Crippen LogP contribution in [0.2, 0.25) is 0 Å². The molecule has 4 rings (SSSR count). The van der Waals surface area contributed by atoms with Gasteiger partial charge in [-0.1, -0.05) is 30.3 Å². The number of aromatic hydroxyl groups is 1. The third-order valence-corrected chi connectivity index (χ3v) is 9.11. The van der Waals surface area contributed by atoms with E-state index < -0.39 is 205 Å². The van der Waals surface area contributed by atoms with Crippen molar-refractivity contribution in [1.29, 1.82) is 0 Å². The molecule has 0 aliphatic carbocycles. The first-order valence-corrected chi connectivity index (χ1v) is 19.9. The molecule has 0 unspecified atom stereocenters. The van der Waals surface area contributed by atoms with Gasteiger partial charge in [0.15, 0.2) is 5.75 Å². The van der Waals surface area contributed by atoms with Gasteiger partial charge >= 0.3 is 23.9 Å². The second-order valence-electron chi connectivity index (χ2n) is 14.4. The first-order valence-electron chi connectivity index (χ1n) is 19.9. The lowest BCUT2D eigenvalue weighted by molar-refractivity contribution is -0.145. The third-order valence-electron chi connectivity index (χ3n) is 9.11. The molecule has 4 aromatic carbocycles. The highest BCUT2D eigenvalue weighted by Gasteiger charge is 2.36. The summed E-state index contributed by atoms with van der Waals surface area (Å²) in [7, 11) is 0. The molecule has 14 nitrogen and oxygen atoms in total. The number of hydrogen-bond donors (Lipinski definition) is 2. The molecular formula is C43H33F14NO13. The second kappa shape index (κ2) is 25.7. The van der Waals surface area contributed by atoms with Gasteiger partial charge in [-0.25, -0.2) is 30.7 Å². The lowest BCUT2D eigenvalue weighted by Gasteiger charge is -2.34. The highest BCUT2D eigenvalue weighted by molar-refractivity contribution is 5.78. The molecule has 0 aromatic heterocycles. The lowest BCUT2D eigenvalue weighted by Crippen LogP contribution is -2.58.